The normalized spacial score (nSPS) is 12.1. The van der Waals surface area contributed by atoms with Crippen LogP contribution in [0, 0.1) is 5.92 Å². The first-order valence-corrected chi connectivity index (χ1v) is 7.84. The highest BCUT2D eigenvalue weighted by Crippen LogP contribution is 2.27. The lowest BCUT2D eigenvalue weighted by atomic mass is 10.2. The van der Waals surface area contributed by atoms with Crippen LogP contribution in [-0.2, 0) is 11.3 Å². The van der Waals surface area contributed by atoms with E-state index in [0.717, 1.165) is 35.1 Å². The summed E-state index contributed by atoms with van der Waals surface area (Å²) in [6.45, 7) is 8.67. The van der Waals surface area contributed by atoms with Gasteiger partial charge in [0.05, 0.1) is 20.8 Å². The number of amides is 1. The summed E-state index contributed by atoms with van der Waals surface area (Å²) >= 11 is 0. The maximum Gasteiger partial charge on any atom is 0.275 e. The number of benzene rings is 1. The zero-order valence-corrected chi connectivity index (χ0v) is 14.4. The Morgan fingerprint density at radius 3 is 2.64 bits per heavy atom. The number of quaternary nitrogens is 1. The lowest BCUT2D eigenvalue weighted by Gasteiger charge is -2.16. The largest absolute Gasteiger partial charge is 0.493 e. The van der Waals surface area contributed by atoms with E-state index < -0.39 is 0 Å². The smallest absolute Gasteiger partial charge is 0.275 e. The minimum absolute atomic E-state index is 0.0871. The third-order valence-electron chi connectivity index (χ3n) is 3.20. The molecule has 0 aliphatic rings. The number of likely N-dealkylation sites (N-methyl/N-ethyl adjacent to an activating group) is 1. The summed E-state index contributed by atoms with van der Waals surface area (Å²) in [6.07, 6.45) is 0. The molecule has 1 aromatic carbocycles. The molecule has 1 atom stereocenters. The Balaban J connectivity index is 2.56. The van der Waals surface area contributed by atoms with Crippen molar-refractivity contribution < 1.29 is 19.2 Å². The average molecular weight is 309 g/mol. The predicted octanol–water partition coefficient (Wildman–Crippen LogP) is 0.881. The van der Waals surface area contributed by atoms with Crippen molar-refractivity contribution in [3.05, 3.63) is 23.8 Å². The number of methoxy groups -OCH3 is 1. The van der Waals surface area contributed by atoms with Crippen LogP contribution in [0.15, 0.2) is 18.2 Å². The number of rotatable bonds is 9. The summed E-state index contributed by atoms with van der Waals surface area (Å²) in [7, 11) is 3.65. The summed E-state index contributed by atoms with van der Waals surface area (Å²) in [5.41, 5.74) is 1.12. The number of hydrogen-bond donors (Lipinski definition) is 2. The standard InChI is InChI=1S/C17H28N2O3/c1-6-22-15-8-7-14(9-16(15)21-5)11-19(4)12-17(20)18-10-13(2)3/h7-9,13H,6,10-12H2,1-5H3,(H,18,20)/p+1. The molecule has 1 amide bonds. The van der Waals surface area contributed by atoms with E-state index in [-0.39, 0.29) is 5.91 Å². The summed E-state index contributed by atoms with van der Waals surface area (Å²) in [5.74, 6) is 2.04. The molecule has 1 rings (SSSR count). The monoisotopic (exact) mass is 309 g/mol. The van der Waals surface area contributed by atoms with E-state index in [2.05, 4.69) is 19.2 Å². The zero-order valence-electron chi connectivity index (χ0n) is 14.4. The highest BCUT2D eigenvalue weighted by molar-refractivity contribution is 5.76. The summed E-state index contributed by atoms with van der Waals surface area (Å²) in [5, 5.41) is 2.94. The Hall–Kier alpha value is -1.75. The van der Waals surface area contributed by atoms with Crippen molar-refractivity contribution in [1.82, 2.24) is 5.32 Å². The molecule has 0 heterocycles. The van der Waals surface area contributed by atoms with E-state index in [1.165, 1.54) is 0 Å². The van der Waals surface area contributed by atoms with E-state index in [4.69, 9.17) is 9.47 Å². The van der Waals surface area contributed by atoms with Crippen LogP contribution < -0.4 is 19.7 Å². The molecule has 0 radical (unpaired) electrons. The molecule has 1 aromatic rings. The fourth-order valence-corrected chi connectivity index (χ4v) is 2.16. The lowest BCUT2D eigenvalue weighted by Crippen LogP contribution is -3.08. The summed E-state index contributed by atoms with van der Waals surface area (Å²) in [6, 6.07) is 5.91. The van der Waals surface area contributed by atoms with Crippen LogP contribution in [0.3, 0.4) is 0 Å². The maximum atomic E-state index is 11.8. The van der Waals surface area contributed by atoms with Gasteiger partial charge in [0, 0.05) is 12.1 Å². The summed E-state index contributed by atoms with van der Waals surface area (Å²) in [4.78, 5) is 13.0. The molecule has 0 fully saturated rings. The molecular formula is C17H29N2O3+. The lowest BCUT2D eigenvalue weighted by molar-refractivity contribution is -0.885. The third kappa shape index (κ3) is 6.35. The second-order valence-electron chi connectivity index (χ2n) is 5.93. The van der Waals surface area contributed by atoms with Gasteiger partial charge in [-0.1, -0.05) is 13.8 Å². The molecule has 0 saturated carbocycles. The van der Waals surface area contributed by atoms with Gasteiger partial charge in [-0.2, -0.15) is 0 Å². The van der Waals surface area contributed by atoms with Crippen LogP contribution in [0.1, 0.15) is 26.3 Å². The molecule has 5 heteroatoms. The van der Waals surface area contributed by atoms with Crippen molar-refractivity contribution in [3.8, 4) is 11.5 Å². The molecule has 0 spiro atoms. The maximum absolute atomic E-state index is 11.8. The molecular weight excluding hydrogens is 280 g/mol. The van der Waals surface area contributed by atoms with Crippen LogP contribution in [-0.4, -0.2) is 39.8 Å². The minimum Gasteiger partial charge on any atom is -0.493 e. The zero-order chi connectivity index (χ0) is 16.5. The van der Waals surface area contributed by atoms with Gasteiger partial charge in [-0.3, -0.25) is 4.79 Å². The van der Waals surface area contributed by atoms with Crippen LogP contribution in [0.4, 0.5) is 0 Å². The van der Waals surface area contributed by atoms with E-state index in [9.17, 15) is 4.79 Å². The van der Waals surface area contributed by atoms with Gasteiger partial charge in [-0.05, 0) is 31.0 Å². The molecule has 2 N–H and O–H groups in total. The Labute approximate surface area is 133 Å². The van der Waals surface area contributed by atoms with Crippen molar-refractivity contribution in [1.29, 1.82) is 0 Å². The van der Waals surface area contributed by atoms with Crippen LogP contribution in [0.5, 0.6) is 11.5 Å². The van der Waals surface area contributed by atoms with Gasteiger partial charge in [0.1, 0.15) is 6.54 Å². The number of nitrogens with one attached hydrogen (secondary N) is 2. The van der Waals surface area contributed by atoms with Crippen molar-refractivity contribution >= 4 is 5.91 Å². The first-order valence-electron chi connectivity index (χ1n) is 7.84. The van der Waals surface area contributed by atoms with Crippen molar-refractivity contribution in [3.63, 3.8) is 0 Å². The molecule has 0 bridgehead atoms. The molecule has 124 valence electrons. The fourth-order valence-electron chi connectivity index (χ4n) is 2.16. The number of ether oxygens (including phenoxy) is 2. The molecule has 0 aromatic heterocycles. The van der Waals surface area contributed by atoms with Gasteiger partial charge in [-0.15, -0.1) is 0 Å². The van der Waals surface area contributed by atoms with Crippen LogP contribution >= 0.6 is 0 Å². The molecule has 0 aliphatic carbocycles. The number of hydrogen-bond acceptors (Lipinski definition) is 3. The minimum atomic E-state index is 0.0871. The quantitative estimate of drug-likeness (QED) is 0.712. The molecule has 5 nitrogen and oxygen atoms in total. The fraction of sp³-hybridized carbons (Fsp3) is 0.588. The molecule has 1 unspecified atom stereocenters. The first-order chi connectivity index (χ1) is 10.5. The van der Waals surface area contributed by atoms with Crippen molar-refractivity contribution in [2.45, 2.75) is 27.3 Å². The van der Waals surface area contributed by atoms with Crippen molar-refractivity contribution in [2.75, 3.05) is 33.9 Å². The molecule has 22 heavy (non-hydrogen) atoms. The Morgan fingerprint density at radius 1 is 1.32 bits per heavy atom. The average Bonchev–Trinajstić information content (AvgIpc) is 2.46. The molecule has 0 aliphatic heterocycles. The van der Waals surface area contributed by atoms with E-state index in [1.807, 2.05) is 32.2 Å². The van der Waals surface area contributed by atoms with E-state index in [1.54, 1.807) is 7.11 Å². The highest BCUT2D eigenvalue weighted by Gasteiger charge is 2.12. The van der Waals surface area contributed by atoms with E-state index >= 15 is 0 Å². The van der Waals surface area contributed by atoms with Gasteiger partial charge in [0.15, 0.2) is 18.0 Å². The van der Waals surface area contributed by atoms with Gasteiger partial charge >= 0.3 is 0 Å². The second-order valence-corrected chi connectivity index (χ2v) is 5.93. The molecule has 0 saturated heterocycles. The highest BCUT2D eigenvalue weighted by atomic mass is 16.5. The van der Waals surface area contributed by atoms with Crippen LogP contribution in [0.2, 0.25) is 0 Å². The Kier molecular flexibility index (Phi) is 7.74. The van der Waals surface area contributed by atoms with Crippen molar-refractivity contribution in [2.24, 2.45) is 5.92 Å². The summed E-state index contributed by atoms with van der Waals surface area (Å²) < 4.78 is 10.9. The van der Waals surface area contributed by atoms with Gasteiger partial charge in [0.2, 0.25) is 0 Å². The van der Waals surface area contributed by atoms with Gasteiger partial charge < -0.3 is 19.7 Å². The SMILES string of the molecule is CCOc1ccc(C[NH+](C)CC(=O)NCC(C)C)cc1OC. The first kappa shape index (κ1) is 18.3. The predicted molar refractivity (Wildman–Crippen MR) is 87.5 cm³/mol. The van der Waals surface area contributed by atoms with Gasteiger partial charge in [-0.25, -0.2) is 0 Å². The van der Waals surface area contributed by atoms with Gasteiger partial charge in [0.25, 0.3) is 5.91 Å². The number of carbonyl (C=O) groups is 1. The van der Waals surface area contributed by atoms with Crippen LogP contribution in [0.25, 0.3) is 0 Å². The Bertz CT molecular complexity index is 475. The van der Waals surface area contributed by atoms with E-state index in [0.29, 0.717) is 19.1 Å². The Morgan fingerprint density at radius 2 is 2.05 bits per heavy atom. The number of carbonyl (C=O) groups excluding carboxylic acids is 1. The third-order valence-corrected chi connectivity index (χ3v) is 3.20. The second kappa shape index (κ2) is 9.30. The topological polar surface area (TPSA) is 52.0 Å².